The van der Waals surface area contributed by atoms with Crippen LogP contribution in [0.5, 0.6) is 0 Å². The van der Waals surface area contributed by atoms with Crippen LogP contribution in [0.15, 0.2) is 30.3 Å². The second-order valence-corrected chi connectivity index (χ2v) is 13.1. The number of hydrogen-bond acceptors (Lipinski definition) is 7. The summed E-state index contributed by atoms with van der Waals surface area (Å²) in [6.45, 7) is 11.3. The first-order chi connectivity index (χ1) is 22.2. The molecule has 0 spiro atoms. The molecule has 0 saturated carbocycles. The first-order valence-electron chi connectivity index (χ1n) is 16.6. The second-order valence-electron chi connectivity index (χ2n) is 13.1. The Balaban J connectivity index is 2.23. The normalized spacial score (nSPS) is 19.2. The monoisotopic (exact) mass is 660 g/mol. The van der Waals surface area contributed by atoms with E-state index >= 15 is 0 Å². The zero-order valence-corrected chi connectivity index (χ0v) is 29.5. The molecular weight excluding hydrogens is 604 g/mol. The quantitative estimate of drug-likeness (QED) is 0.217. The Morgan fingerprint density at radius 1 is 1.02 bits per heavy atom. The lowest BCUT2D eigenvalue weighted by Crippen LogP contribution is -2.57. The summed E-state index contributed by atoms with van der Waals surface area (Å²) in [6, 6.07) is 6.39. The summed E-state index contributed by atoms with van der Waals surface area (Å²) in [5, 5.41) is 15.2. The molecule has 0 bridgehead atoms. The number of amides is 4. The molecule has 1 aliphatic rings. The van der Waals surface area contributed by atoms with Crippen LogP contribution in [0.25, 0.3) is 0 Å². The second kappa shape index (κ2) is 18.7. The average Bonchev–Trinajstić information content (AvgIpc) is 3.52. The van der Waals surface area contributed by atoms with Crippen molar-refractivity contribution in [3.05, 3.63) is 35.9 Å². The molecule has 4 amide bonds. The van der Waals surface area contributed by atoms with Crippen LogP contribution in [0.1, 0.15) is 72.8 Å². The number of nitrogens with zero attached hydrogens (tertiary/aromatic N) is 2. The van der Waals surface area contributed by atoms with Gasteiger partial charge < -0.3 is 35.0 Å². The summed E-state index contributed by atoms with van der Waals surface area (Å²) in [7, 11) is 4.71. The minimum atomic E-state index is -1.14. The van der Waals surface area contributed by atoms with Crippen molar-refractivity contribution in [2.75, 3.05) is 27.8 Å². The number of likely N-dealkylation sites (N-methyl/N-ethyl adjacent to an activating group) is 1. The predicted molar refractivity (Wildman–Crippen MR) is 178 cm³/mol. The van der Waals surface area contributed by atoms with E-state index in [4.69, 9.17) is 9.47 Å². The van der Waals surface area contributed by atoms with Gasteiger partial charge in [-0.25, -0.2) is 4.79 Å². The maximum atomic E-state index is 14.0. The Kier molecular flexibility index (Phi) is 15.8. The van der Waals surface area contributed by atoms with Crippen molar-refractivity contribution in [3.8, 4) is 0 Å². The van der Waals surface area contributed by atoms with Crippen LogP contribution in [0.2, 0.25) is 0 Å². The van der Waals surface area contributed by atoms with Crippen molar-refractivity contribution < 1.29 is 38.6 Å². The van der Waals surface area contributed by atoms with E-state index in [1.165, 1.54) is 21.1 Å². The fraction of sp³-hybridized carbons (Fsp3) is 0.686. The molecule has 12 heteroatoms. The number of carbonyl (C=O) groups excluding carboxylic acids is 4. The number of ether oxygens (including phenoxy) is 2. The SMILES string of the molecule is CC[C@H](C)C([C@@H](CC(=O)N1CCC[C@H]1[C@H](OC)[C@@H](C)C(=O)N[C@@H](Cc1ccccc1)C(=O)O)OC)N(C)C(=O)[C@@H](NC(C)=O)C(C)C. The molecule has 1 aromatic carbocycles. The molecule has 1 fully saturated rings. The molecule has 264 valence electrons. The van der Waals surface area contributed by atoms with Crippen molar-refractivity contribution in [3.63, 3.8) is 0 Å². The number of rotatable bonds is 18. The number of carbonyl (C=O) groups is 5. The lowest BCUT2D eigenvalue weighted by atomic mass is 9.89. The van der Waals surface area contributed by atoms with Gasteiger partial charge in [-0.3, -0.25) is 19.2 Å². The molecule has 0 aromatic heterocycles. The van der Waals surface area contributed by atoms with Gasteiger partial charge in [0.2, 0.25) is 23.6 Å². The fourth-order valence-corrected chi connectivity index (χ4v) is 6.61. The first kappa shape index (κ1) is 39.7. The zero-order chi connectivity index (χ0) is 35.4. The first-order valence-corrected chi connectivity index (χ1v) is 16.6. The van der Waals surface area contributed by atoms with Crippen LogP contribution in [-0.2, 0) is 39.9 Å². The molecule has 8 atom stereocenters. The van der Waals surface area contributed by atoms with Gasteiger partial charge in [-0.2, -0.15) is 0 Å². The van der Waals surface area contributed by atoms with E-state index in [-0.39, 0.29) is 42.4 Å². The van der Waals surface area contributed by atoms with Gasteiger partial charge in [0, 0.05) is 41.2 Å². The highest BCUT2D eigenvalue weighted by Gasteiger charge is 2.43. The lowest BCUT2D eigenvalue weighted by molar-refractivity contribution is -0.148. The van der Waals surface area contributed by atoms with Crippen LogP contribution in [0.3, 0.4) is 0 Å². The topological polar surface area (TPSA) is 155 Å². The molecule has 47 heavy (non-hydrogen) atoms. The van der Waals surface area contributed by atoms with Crippen LogP contribution in [0, 0.1) is 17.8 Å². The Morgan fingerprint density at radius 2 is 1.66 bits per heavy atom. The Labute approximate surface area is 279 Å². The smallest absolute Gasteiger partial charge is 0.326 e. The molecule has 0 aliphatic carbocycles. The zero-order valence-electron chi connectivity index (χ0n) is 29.5. The summed E-state index contributed by atoms with van der Waals surface area (Å²) < 4.78 is 11.7. The van der Waals surface area contributed by atoms with E-state index in [0.717, 1.165) is 12.0 Å². The number of carboxylic acids is 1. The number of hydrogen-bond donors (Lipinski definition) is 3. The molecule has 1 aromatic rings. The van der Waals surface area contributed by atoms with Gasteiger partial charge in [-0.05, 0) is 30.2 Å². The maximum absolute atomic E-state index is 14.0. The van der Waals surface area contributed by atoms with E-state index < -0.39 is 54.2 Å². The van der Waals surface area contributed by atoms with E-state index in [1.807, 2.05) is 58.0 Å². The third-order valence-corrected chi connectivity index (χ3v) is 9.45. The molecule has 2 rings (SSSR count). The van der Waals surface area contributed by atoms with Crippen LogP contribution >= 0.6 is 0 Å². The molecular formula is C35H56N4O8. The Morgan fingerprint density at radius 3 is 2.17 bits per heavy atom. The maximum Gasteiger partial charge on any atom is 0.326 e. The van der Waals surface area contributed by atoms with Gasteiger partial charge >= 0.3 is 5.97 Å². The molecule has 0 radical (unpaired) electrons. The van der Waals surface area contributed by atoms with Crippen molar-refractivity contribution in [2.24, 2.45) is 17.8 Å². The number of carboxylic acid groups (broad SMARTS) is 1. The largest absolute Gasteiger partial charge is 0.480 e. The van der Waals surface area contributed by atoms with E-state index in [1.54, 1.807) is 23.8 Å². The lowest BCUT2D eigenvalue weighted by Gasteiger charge is -2.40. The Bertz CT molecular complexity index is 1200. The van der Waals surface area contributed by atoms with Gasteiger partial charge in [0.25, 0.3) is 0 Å². The van der Waals surface area contributed by atoms with Crippen LogP contribution in [0.4, 0.5) is 0 Å². The van der Waals surface area contributed by atoms with Gasteiger partial charge in [0.05, 0.1) is 36.6 Å². The van der Waals surface area contributed by atoms with Crippen molar-refractivity contribution >= 4 is 29.6 Å². The summed E-state index contributed by atoms with van der Waals surface area (Å²) in [6.07, 6.45) is 0.896. The highest BCUT2D eigenvalue weighted by atomic mass is 16.5. The molecule has 1 unspecified atom stereocenters. The third-order valence-electron chi connectivity index (χ3n) is 9.45. The van der Waals surface area contributed by atoms with Crippen LogP contribution < -0.4 is 10.6 Å². The summed E-state index contributed by atoms with van der Waals surface area (Å²) in [5.74, 6) is -3.24. The number of methoxy groups -OCH3 is 2. The van der Waals surface area contributed by atoms with Crippen LogP contribution in [-0.4, -0.2) is 109 Å². The van der Waals surface area contributed by atoms with Gasteiger partial charge in [0.1, 0.15) is 12.1 Å². The highest BCUT2D eigenvalue weighted by molar-refractivity contribution is 5.87. The molecule has 1 heterocycles. The standard InChI is InChI=1S/C35H56N4O8/c1-10-22(4)31(38(7)34(43)30(21(2)3)36-24(6)40)28(46-8)20-29(41)39-18-14-17-27(39)32(47-9)23(5)33(42)37-26(35(44)45)19-25-15-12-11-13-16-25/h11-13,15-16,21-23,26-28,30-32H,10,14,17-20H2,1-9H3,(H,36,40)(H,37,42)(H,44,45)/t22-,23+,26-,27-,28+,30-,31?,32+/m0/s1. The third kappa shape index (κ3) is 10.8. The number of benzene rings is 1. The average molecular weight is 661 g/mol. The summed E-state index contributed by atoms with van der Waals surface area (Å²) in [5.41, 5.74) is 0.786. The minimum absolute atomic E-state index is 0.00127. The molecule has 1 aliphatic heterocycles. The number of likely N-dealkylation sites (tertiary alicyclic amines) is 1. The number of aliphatic carboxylic acids is 1. The van der Waals surface area contributed by atoms with Gasteiger partial charge in [-0.15, -0.1) is 0 Å². The van der Waals surface area contributed by atoms with E-state index in [9.17, 15) is 29.1 Å². The minimum Gasteiger partial charge on any atom is -0.480 e. The van der Waals surface area contributed by atoms with Crippen molar-refractivity contribution in [1.29, 1.82) is 0 Å². The van der Waals surface area contributed by atoms with E-state index in [2.05, 4.69) is 10.6 Å². The van der Waals surface area contributed by atoms with Crippen molar-refractivity contribution in [1.82, 2.24) is 20.4 Å². The highest BCUT2D eigenvalue weighted by Crippen LogP contribution is 2.29. The van der Waals surface area contributed by atoms with Gasteiger partial charge in [0.15, 0.2) is 0 Å². The number of nitrogens with one attached hydrogen (secondary N) is 2. The summed E-state index contributed by atoms with van der Waals surface area (Å²) in [4.78, 5) is 68.2. The fourth-order valence-electron chi connectivity index (χ4n) is 6.61. The molecule has 1 saturated heterocycles. The predicted octanol–water partition coefficient (Wildman–Crippen LogP) is 2.88. The van der Waals surface area contributed by atoms with E-state index in [0.29, 0.717) is 19.4 Å². The molecule has 12 nitrogen and oxygen atoms in total. The van der Waals surface area contributed by atoms with Crippen molar-refractivity contribution in [2.45, 2.75) is 110 Å². The Hall–Kier alpha value is -3.51. The summed E-state index contributed by atoms with van der Waals surface area (Å²) >= 11 is 0. The van der Waals surface area contributed by atoms with Gasteiger partial charge in [-0.1, -0.05) is 71.4 Å². The molecule has 3 N–H and O–H groups in total.